The van der Waals surface area contributed by atoms with Gasteiger partial charge in [0, 0.05) is 6.04 Å². The summed E-state index contributed by atoms with van der Waals surface area (Å²) in [5.74, 6) is 1.32. The molecule has 0 bridgehead atoms. The van der Waals surface area contributed by atoms with E-state index in [0.29, 0.717) is 0 Å². The van der Waals surface area contributed by atoms with E-state index < -0.39 is 0 Å². The molecule has 0 saturated heterocycles. The third kappa shape index (κ3) is 5.92. The molecule has 1 aliphatic rings. The quantitative estimate of drug-likeness (QED) is 0.681. The first-order chi connectivity index (χ1) is 6.79. The number of rotatable bonds is 6. The smallest absolute Gasteiger partial charge is 0.00670 e. The highest BCUT2D eigenvalue weighted by Crippen LogP contribution is 2.17. The van der Waals surface area contributed by atoms with Gasteiger partial charge in [0.25, 0.3) is 0 Å². The maximum Gasteiger partial charge on any atom is 0.00670 e. The zero-order valence-electron chi connectivity index (χ0n) is 9.72. The predicted octanol–water partition coefficient (Wildman–Crippen LogP) is 3.44. The van der Waals surface area contributed by atoms with Crippen LogP contribution in [0.25, 0.3) is 0 Å². The molecule has 1 nitrogen and oxygen atoms in total. The predicted molar refractivity (Wildman–Crippen MR) is 67.1 cm³/mol. The minimum Gasteiger partial charge on any atom is -0.314 e. The zero-order valence-corrected chi connectivity index (χ0v) is 10.5. The summed E-state index contributed by atoms with van der Waals surface area (Å²) in [5, 5.41) is 4.48. The van der Waals surface area contributed by atoms with E-state index in [1.165, 1.54) is 50.8 Å². The van der Waals surface area contributed by atoms with E-state index >= 15 is 0 Å². The van der Waals surface area contributed by atoms with Gasteiger partial charge in [0.15, 0.2) is 0 Å². The van der Waals surface area contributed by atoms with Gasteiger partial charge in [-0.25, -0.2) is 0 Å². The molecule has 0 atom stereocenters. The Bertz CT molecular complexity index is 130. The molecule has 0 radical (unpaired) electrons. The van der Waals surface area contributed by atoms with E-state index in [2.05, 4.69) is 30.9 Å². The molecule has 1 aliphatic carbocycles. The van der Waals surface area contributed by atoms with Gasteiger partial charge < -0.3 is 5.32 Å². The van der Waals surface area contributed by atoms with Crippen LogP contribution < -0.4 is 5.32 Å². The molecule has 84 valence electrons. The normalized spacial score (nSPS) is 19.1. The number of nitrogens with one attached hydrogen (secondary N) is 1. The van der Waals surface area contributed by atoms with Gasteiger partial charge >= 0.3 is 0 Å². The monoisotopic (exact) mass is 215 g/mol. The molecule has 1 rings (SSSR count). The second-order valence-corrected chi connectivity index (χ2v) is 6.25. The Morgan fingerprint density at radius 2 is 1.93 bits per heavy atom. The van der Waals surface area contributed by atoms with Crippen LogP contribution in [0.15, 0.2) is 0 Å². The number of thioether (sulfide) groups is 1. The van der Waals surface area contributed by atoms with E-state index in [0.717, 1.165) is 11.3 Å². The fourth-order valence-corrected chi connectivity index (χ4v) is 2.79. The van der Waals surface area contributed by atoms with E-state index in [4.69, 9.17) is 0 Å². The largest absolute Gasteiger partial charge is 0.314 e. The van der Waals surface area contributed by atoms with Crippen LogP contribution in [-0.2, 0) is 0 Å². The van der Waals surface area contributed by atoms with Crippen LogP contribution in [0.2, 0.25) is 0 Å². The fraction of sp³-hybridized carbons (Fsp3) is 1.00. The lowest BCUT2D eigenvalue weighted by Gasteiger charge is -2.22. The Balaban J connectivity index is 1.87. The molecule has 1 fully saturated rings. The second kappa shape index (κ2) is 7.58. The molecule has 1 saturated carbocycles. The van der Waals surface area contributed by atoms with E-state index in [9.17, 15) is 0 Å². The molecular weight excluding hydrogens is 190 g/mol. The van der Waals surface area contributed by atoms with Crippen LogP contribution in [0.4, 0.5) is 0 Å². The van der Waals surface area contributed by atoms with E-state index in [-0.39, 0.29) is 0 Å². The number of hydrogen-bond acceptors (Lipinski definition) is 2. The minimum absolute atomic E-state index is 0.796. The zero-order chi connectivity index (χ0) is 10.2. The van der Waals surface area contributed by atoms with E-state index in [1.807, 2.05) is 0 Å². The average Bonchev–Trinajstić information content (AvgIpc) is 2.18. The van der Waals surface area contributed by atoms with Gasteiger partial charge in [0.1, 0.15) is 0 Å². The number of hydrogen-bond donors (Lipinski definition) is 1. The summed E-state index contributed by atoms with van der Waals surface area (Å²) < 4.78 is 0. The summed E-state index contributed by atoms with van der Waals surface area (Å²) in [4.78, 5) is 0. The molecule has 0 aromatic rings. The van der Waals surface area contributed by atoms with Crippen LogP contribution in [-0.4, -0.2) is 23.6 Å². The fourth-order valence-electron chi connectivity index (χ4n) is 2.00. The summed E-state index contributed by atoms with van der Waals surface area (Å²) >= 11 is 2.08. The lowest BCUT2D eigenvalue weighted by molar-refractivity contribution is 0.375. The van der Waals surface area contributed by atoms with Crippen molar-refractivity contribution in [2.75, 3.05) is 12.3 Å². The molecule has 0 aromatic carbocycles. The van der Waals surface area contributed by atoms with Crippen molar-refractivity contribution in [2.45, 2.75) is 63.7 Å². The molecule has 2 heteroatoms. The maximum absolute atomic E-state index is 3.68. The van der Waals surface area contributed by atoms with Crippen molar-refractivity contribution in [1.82, 2.24) is 5.32 Å². The van der Waals surface area contributed by atoms with Crippen molar-refractivity contribution in [1.29, 1.82) is 0 Å². The topological polar surface area (TPSA) is 12.0 Å². The standard InChI is InChI=1S/C12H25NS/c1-11(2)14-10-6-9-13-12-7-4-3-5-8-12/h11-13H,3-10H2,1-2H3. The summed E-state index contributed by atoms with van der Waals surface area (Å²) in [6.07, 6.45) is 8.51. The highest BCUT2D eigenvalue weighted by molar-refractivity contribution is 7.99. The molecule has 0 aromatic heterocycles. The van der Waals surface area contributed by atoms with Crippen molar-refractivity contribution < 1.29 is 0 Å². The van der Waals surface area contributed by atoms with Gasteiger partial charge in [-0.1, -0.05) is 33.1 Å². The molecule has 14 heavy (non-hydrogen) atoms. The van der Waals surface area contributed by atoms with Crippen molar-refractivity contribution in [3.63, 3.8) is 0 Å². The Morgan fingerprint density at radius 3 is 2.57 bits per heavy atom. The van der Waals surface area contributed by atoms with Crippen molar-refractivity contribution in [3.05, 3.63) is 0 Å². The molecule has 0 amide bonds. The third-order valence-electron chi connectivity index (χ3n) is 2.81. The van der Waals surface area contributed by atoms with Crippen molar-refractivity contribution in [3.8, 4) is 0 Å². The Morgan fingerprint density at radius 1 is 1.21 bits per heavy atom. The van der Waals surface area contributed by atoms with Crippen LogP contribution >= 0.6 is 11.8 Å². The molecule has 0 spiro atoms. The van der Waals surface area contributed by atoms with Gasteiger partial charge in [0.2, 0.25) is 0 Å². The van der Waals surface area contributed by atoms with Gasteiger partial charge in [-0.05, 0) is 36.8 Å². The second-order valence-electron chi connectivity index (χ2n) is 4.56. The minimum atomic E-state index is 0.796. The van der Waals surface area contributed by atoms with Gasteiger partial charge in [-0.15, -0.1) is 0 Å². The third-order valence-corrected chi connectivity index (χ3v) is 4.00. The lowest BCUT2D eigenvalue weighted by Crippen LogP contribution is -2.31. The Kier molecular flexibility index (Phi) is 6.70. The average molecular weight is 215 g/mol. The van der Waals surface area contributed by atoms with Crippen LogP contribution in [0.3, 0.4) is 0 Å². The first-order valence-electron chi connectivity index (χ1n) is 6.14. The Hall–Kier alpha value is 0.310. The van der Waals surface area contributed by atoms with Crippen LogP contribution in [0.1, 0.15) is 52.4 Å². The summed E-state index contributed by atoms with van der Waals surface area (Å²) in [6.45, 7) is 5.78. The van der Waals surface area contributed by atoms with Gasteiger partial charge in [0.05, 0.1) is 0 Å². The molecular formula is C12H25NS. The summed E-state index contributed by atoms with van der Waals surface area (Å²) in [6, 6.07) is 0.841. The van der Waals surface area contributed by atoms with E-state index in [1.54, 1.807) is 0 Å². The van der Waals surface area contributed by atoms with Gasteiger partial charge in [-0.2, -0.15) is 11.8 Å². The molecule has 1 N–H and O–H groups in total. The molecule has 0 heterocycles. The lowest BCUT2D eigenvalue weighted by atomic mass is 9.95. The van der Waals surface area contributed by atoms with Gasteiger partial charge in [-0.3, -0.25) is 0 Å². The maximum atomic E-state index is 3.68. The Labute approximate surface area is 93.4 Å². The first kappa shape index (κ1) is 12.4. The molecule has 0 unspecified atom stereocenters. The summed E-state index contributed by atoms with van der Waals surface area (Å²) in [5.41, 5.74) is 0. The van der Waals surface area contributed by atoms with Crippen LogP contribution in [0, 0.1) is 0 Å². The SMILES string of the molecule is CC(C)SCCCNC1CCCCC1. The van der Waals surface area contributed by atoms with Crippen LogP contribution in [0.5, 0.6) is 0 Å². The summed E-state index contributed by atoms with van der Waals surface area (Å²) in [7, 11) is 0. The van der Waals surface area contributed by atoms with Crippen molar-refractivity contribution >= 4 is 11.8 Å². The molecule has 0 aliphatic heterocycles. The first-order valence-corrected chi connectivity index (χ1v) is 7.19. The highest BCUT2D eigenvalue weighted by Gasteiger charge is 2.11. The highest BCUT2D eigenvalue weighted by atomic mass is 32.2. The van der Waals surface area contributed by atoms with Crippen molar-refractivity contribution in [2.24, 2.45) is 0 Å².